The van der Waals surface area contributed by atoms with Crippen LogP contribution in [0.5, 0.6) is 5.75 Å². The van der Waals surface area contributed by atoms with Crippen LogP contribution >= 0.6 is 0 Å². The van der Waals surface area contributed by atoms with E-state index in [1.807, 2.05) is 37.3 Å². The van der Waals surface area contributed by atoms with Gasteiger partial charge in [-0.15, -0.1) is 0 Å². The van der Waals surface area contributed by atoms with Crippen LogP contribution < -0.4 is 4.74 Å². The smallest absolute Gasteiger partial charge is 0.387 e. The third-order valence-corrected chi connectivity index (χ3v) is 3.32. The topological polar surface area (TPSA) is 29.5 Å². The molecule has 106 valence electrons. The first-order valence-corrected chi connectivity index (χ1v) is 6.39. The maximum atomic E-state index is 12.1. The Hall–Kier alpha value is -1.94. The molecule has 0 saturated carbocycles. The summed E-state index contributed by atoms with van der Waals surface area (Å²) in [4.78, 5) is 0. The number of rotatable bonds is 5. The molecule has 20 heavy (non-hydrogen) atoms. The highest BCUT2D eigenvalue weighted by atomic mass is 19.3. The van der Waals surface area contributed by atoms with Crippen molar-refractivity contribution in [1.29, 1.82) is 0 Å². The maximum absolute atomic E-state index is 12.1. The minimum absolute atomic E-state index is 0.0789. The summed E-state index contributed by atoms with van der Waals surface area (Å²) in [7, 11) is 0. The number of hydrogen-bond acceptors (Lipinski definition) is 2. The first-order valence-electron chi connectivity index (χ1n) is 6.39. The summed E-state index contributed by atoms with van der Waals surface area (Å²) in [5.41, 5.74) is 0.280. The van der Waals surface area contributed by atoms with Crippen molar-refractivity contribution in [3.63, 3.8) is 0 Å². The van der Waals surface area contributed by atoms with Gasteiger partial charge in [-0.3, -0.25) is 0 Å². The van der Waals surface area contributed by atoms with Gasteiger partial charge in [-0.2, -0.15) is 8.78 Å². The van der Waals surface area contributed by atoms with Gasteiger partial charge in [0.05, 0.1) is 0 Å². The lowest BCUT2D eigenvalue weighted by atomic mass is 9.84. The van der Waals surface area contributed by atoms with Crippen molar-refractivity contribution in [2.75, 3.05) is 0 Å². The van der Waals surface area contributed by atoms with E-state index in [0.29, 0.717) is 12.0 Å². The van der Waals surface area contributed by atoms with Gasteiger partial charge in [0.15, 0.2) is 0 Å². The van der Waals surface area contributed by atoms with E-state index in [2.05, 4.69) is 4.74 Å². The lowest BCUT2D eigenvalue weighted by Gasteiger charge is -2.28. The van der Waals surface area contributed by atoms with Gasteiger partial charge in [-0.1, -0.05) is 49.4 Å². The molecule has 4 heteroatoms. The van der Waals surface area contributed by atoms with Crippen LogP contribution in [-0.4, -0.2) is 11.7 Å². The van der Waals surface area contributed by atoms with Crippen LogP contribution in [0.3, 0.4) is 0 Å². The molecule has 0 aliphatic heterocycles. The molecule has 2 aromatic rings. The zero-order valence-electron chi connectivity index (χ0n) is 11.1. The highest BCUT2D eigenvalue weighted by Gasteiger charge is 2.29. The Morgan fingerprint density at radius 3 is 2.05 bits per heavy atom. The molecule has 0 aliphatic rings. The Labute approximate surface area is 116 Å². The van der Waals surface area contributed by atoms with Gasteiger partial charge in [-0.25, -0.2) is 0 Å². The lowest BCUT2D eigenvalue weighted by molar-refractivity contribution is -0.0498. The van der Waals surface area contributed by atoms with Gasteiger partial charge in [0, 0.05) is 0 Å². The van der Waals surface area contributed by atoms with Gasteiger partial charge in [-0.05, 0) is 29.7 Å². The van der Waals surface area contributed by atoms with Crippen molar-refractivity contribution in [3.8, 4) is 5.75 Å². The predicted molar refractivity (Wildman–Crippen MR) is 72.8 cm³/mol. The van der Waals surface area contributed by atoms with Crippen molar-refractivity contribution in [2.45, 2.75) is 25.6 Å². The Balaban J connectivity index is 2.32. The zero-order chi connectivity index (χ0) is 14.6. The molecule has 0 radical (unpaired) electrons. The van der Waals surface area contributed by atoms with Gasteiger partial charge >= 0.3 is 6.61 Å². The van der Waals surface area contributed by atoms with E-state index in [1.165, 1.54) is 12.1 Å². The molecule has 1 unspecified atom stereocenters. The predicted octanol–water partition coefficient (Wildman–Crippen LogP) is 3.93. The SMILES string of the molecule is CCC(O)(c1ccccc1)c1ccc(OC(F)F)cc1. The molecule has 0 heterocycles. The average Bonchev–Trinajstić information content (AvgIpc) is 2.47. The van der Waals surface area contributed by atoms with E-state index in [4.69, 9.17) is 0 Å². The lowest BCUT2D eigenvalue weighted by Crippen LogP contribution is -2.26. The number of hydrogen-bond donors (Lipinski definition) is 1. The fraction of sp³-hybridized carbons (Fsp3) is 0.250. The van der Waals surface area contributed by atoms with Crippen molar-refractivity contribution >= 4 is 0 Å². The molecule has 0 aromatic heterocycles. The van der Waals surface area contributed by atoms with Crippen molar-refractivity contribution < 1.29 is 18.6 Å². The van der Waals surface area contributed by atoms with E-state index in [0.717, 1.165) is 5.56 Å². The summed E-state index contributed by atoms with van der Waals surface area (Å²) >= 11 is 0. The van der Waals surface area contributed by atoms with E-state index in [1.54, 1.807) is 12.1 Å². The largest absolute Gasteiger partial charge is 0.435 e. The zero-order valence-corrected chi connectivity index (χ0v) is 11.1. The van der Waals surface area contributed by atoms with Gasteiger partial charge < -0.3 is 9.84 Å². The average molecular weight is 278 g/mol. The fourth-order valence-electron chi connectivity index (χ4n) is 2.20. The molecule has 2 rings (SSSR count). The monoisotopic (exact) mass is 278 g/mol. The standard InChI is InChI=1S/C16H16F2O2/c1-2-16(19,12-6-4-3-5-7-12)13-8-10-14(11-9-13)20-15(17)18/h3-11,15,19H,2H2,1H3. The van der Waals surface area contributed by atoms with Gasteiger partial charge in [0.2, 0.25) is 0 Å². The molecule has 0 saturated heterocycles. The van der Waals surface area contributed by atoms with Crippen LogP contribution in [0.25, 0.3) is 0 Å². The molecule has 1 N–H and O–H groups in total. The maximum Gasteiger partial charge on any atom is 0.387 e. The van der Waals surface area contributed by atoms with E-state index >= 15 is 0 Å². The molecule has 0 bridgehead atoms. The van der Waals surface area contributed by atoms with Crippen LogP contribution in [0.4, 0.5) is 8.78 Å². The Bertz CT molecular complexity index is 540. The molecule has 2 aromatic carbocycles. The molecule has 1 atom stereocenters. The number of alkyl halides is 2. The summed E-state index contributed by atoms with van der Waals surface area (Å²) in [6, 6.07) is 15.3. The molecule has 0 spiro atoms. The Morgan fingerprint density at radius 2 is 1.55 bits per heavy atom. The van der Waals surface area contributed by atoms with Gasteiger partial charge in [0.1, 0.15) is 11.4 Å². The second-order valence-corrected chi connectivity index (χ2v) is 4.48. The van der Waals surface area contributed by atoms with Crippen LogP contribution in [0.15, 0.2) is 54.6 Å². The number of aliphatic hydroxyl groups is 1. The van der Waals surface area contributed by atoms with Crippen molar-refractivity contribution in [1.82, 2.24) is 0 Å². The summed E-state index contributed by atoms with van der Waals surface area (Å²) in [5.74, 6) is 0.0789. The van der Waals surface area contributed by atoms with Crippen LogP contribution in [-0.2, 0) is 5.60 Å². The third-order valence-electron chi connectivity index (χ3n) is 3.32. The summed E-state index contributed by atoms with van der Waals surface area (Å²) in [5, 5.41) is 10.8. The first kappa shape index (κ1) is 14.5. The quantitative estimate of drug-likeness (QED) is 0.897. The highest BCUT2D eigenvalue weighted by molar-refractivity contribution is 5.38. The molecular formula is C16H16F2O2. The number of ether oxygens (including phenoxy) is 1. The Kier molecular flexibility index (Phi) is 4.35. The van der Waals surface area contributed by atoms with Crippen molar-refractivity contribution in [3.05, 3.63) is 65.7 Å². The molecule has 2 nitrogen and oxygen atoms in total. The van der Waals surface area contributed by atoms with Crippen LogP contribution in [0.1, 0.15) is 24.5 Å². The molecular weight excluding hydrogens is 262 g/mol. The summed E-state index contributed by atoms with van der Waals surface area (Å²) in [6.45, 7) is -0.976. The molecule has 0 amide bonds. The third kappa shape index (κ3) is 2.96. The van der Waals surface area contributed by atoms with E-state index in [9.17, 15) is 13.9 Å². The second-order valence-electron chi connectivity index (χ2n) is 4.48. The summed E-state index contributed by atoms with van der Waals surface area (Å²) < 4.78 is 28.5. The normalized spacial score (nSPS) is 14.1. The van der Waals surface area contributed by atoms with Crippen molar-refractivity contribution in [2.24, 2.45) is 0 Å². The molecule has 0 fully saturated rings. The van der Waals surface area contributed by atoms with E-state index in [-0.39, 0.29) is 5.75 Å². The minimum atomic E-state index is -2.85. The second kappa shape index (κ2) is 6.01. The number of halogens is 2. The first-order chi connectivity index (χ1) is 9.56. The fourth-order valence-corrected chi connectivity index (χ4v) is 2.20. The minimum Gasteiger partial charge on any atom is -0.435 e. The van der Waals surface area contributed by atoms with Gasteiger partial charge in [0.25, 0.3) is 0 Å². The number of benzene rings is 2. The molecule has 0 aliphatic carbocycles. The summed E-state index contributed by atoms with van der Waals surface area (Å²) in [6.07, 6.45) is 0.478. The van der Waals surface area contributed by atoms with Crippen LogP contribution in [0, 0.1) is 0 Å². The van der Waals surface area contributed by atoms with Crippen LogP contribution in [0.2, 0.25) is 0 Å². The highest BCUT2D eigenvalue weighted by Crippen LogP contribution is 2.33. The Morgan fingerprint density at radius 1 is 1.00 bits per heavy atom. The van der Waals surface area contributed by atoms with E-state index < -0.39 is 12.2 Å².